The summed E-state index contributed by atoms with van der Waals surface area (Å²) in [5.41, 5.74) is 1.49. The number of amides is 1. The van der Waals surface area contributed by atoms with E-state index in [0.717, 1.165) is 57.8 Å². The molecule has 2 aliphatic rings. The predicted molar refractivity (Wildman–Crippen MR) is 88.0 cm³/mol. The molecule has 0 N–H and O–H groups in total. The van der Waals surface area contributed by atoms with E-state index in [9.17, 15) is 4.79 Å². The van der Waals surface area contributed by atoms with Gasteiger partial charge in [-0.1, -0.05) is 0 Å². The van der Waals surface area contributed by atoms with Crippen LogP contribution in [0, 0.1) is 11.3 Å². The Morgan fingerprint density at radius 2 is 1.83 bits per heavy atom. The molecule has 0 spiro atoms. The maximum absolute atomic E-state index is 12.3. The molecule has 0 aromatic carbocycles. The Kier molecular flexibility index (Phi) is 5.09. The Morgan fingerprint density at radius 3 is 2.43 bits per heavy atom. The van der Waals surface area contributed by atoms with Crippen molar-refractivity contribution in [2.45, 2.75) is 19.3 Å². The van der Waals surface area contributed by atoms with Crippen LogP contribution in [0.5, 0.6) is 0 Å². The number of anilines is 1. The lowest BCUT2D eigenvalue weighted by atomic mass is 10.1. The summed E-state index contributed by atoms with van der Waals surface area (Å²) in [5.74, 6) is 0.276. The van der Waals surface area contributed by atoms with Gasteiger partial charge in [-0.15, -0.1) is 0 Å². The Hall–Kier alpha value is -2.13. The quantitative estimate of drug-likeness (QED) is 0.836. The topological polar surface area (TPSA) is 63.5 Å². The van der Waals surface area contributed by atoms with Crippen LogP contribution in [0.2, 0.25) is 0 Å². The SMILES string of the molecule is N#Cc1ccc(N2CCN(CC(=O)N3CCCCC3)CC2)cn1. The van der Waals surface area contributed by atoms with Gasteiger partial charge in [-0.05, 0) is 31.4 Å². The number of piperazine rings is 1. The van der Waals surface area contributed by atoms with Gasteiger partial charge in [0.1, 0.15) is 11.8 Å². The van der Waals surface area contributed by atoms with Crippen LogP contribution in [0.15, 0.2) is 18.3 Å². The molecule has 2 saturated heterocycles. The van der Waals surface area contributed by atoms with Crippen molar-refractivity contribution < 1.29 is 4.79 Å². The van der Waals surface area contributed by atoms with Gasteiger partial charge in [-0.3, -0.25) is 9.69 Å². The zero-order valence-electron chi connectivity index (χ0n) is 13.4. The van der Waals surface area contributed by atoms with Crippen LogP contribution in [0.25, 0.3) is 0 Å². The van der Waals surface area contributed by atoms with E-state index in [1.807, 2.05) is 17.0 Å². The first-order valence-electron chi connectivity index (χ1n) is 8.37. The number of likely N-dealkylation sites (tertiary alicyclic amines) is 1. The smallest absolute Gasteiger partial charge is 0.236 e. The van der Waals surface area contributed by atoms with Gasteiger partial charge in [0.15, 0.2) is 0 Å². The Morgan fingerprint density at radius 1 is 1.09 bits per heavy atom. The van der Waals surface area contributed by atoms with Crippen LogP contribution in [0.1, 0.15) is 25.0 Å². The third-order valence-corrected chi connectivity index (χ3v) is 4.67. The Balaban J connectivity index is 1.48. The van der Waals surface area contributed by atoms with Gasteiger partial charge < -0.3 is 9.80 Å². The van der Waals surface area contributed by atoms with Crippen LogP contribution < -0.4 is 4.90 Å². The van der Waals surface area contributed by atoms with Gasteiger partial charge in [-0.25, -0.2) is 4.98 Å². The number of rotatable bonds is 3. The maximum Gasteiger partial charge on any atom is 0.236 e. The number of carbonyl (C=O) groups is 1. The van der Waals surface area contributed by atoms with Crippen LogP contribution in [0.3, 0.4) is 0 Å². The van der Waals surface area contributed by atoms with Crippen LogP contribution >= 0.6 is 0 Å². The van der Waals surface area contributed by atoms with Crippen molar-refractivity contribution in [1.29, 1.82) is 5.26 Å². The van der Waals surface area contributed by atoms with Gasteiger partial charge in [0.2, 0.25) is 5.91 Å². The normalized spacial score (nSPS) is 19.4. The summed E-state index contributed by atoms with van der Waals surface area (Å²) in [6.45, 7) is 5.95. The molecule has 0 saturated carbocycles. The van der Waals surface area contributed by atoms with Gasteiger partial charge in [-0.2, -0.15) is 5.26 Å². The monoisotopic (exact) mass is 313 g/mol. The summed E-state index contributed by atoms with van der Waals surface area (Å²) in [7, 11) is 0. The molecule has 1 aromatic heterocycles. The van der Waals surface area contributed by atoms with E-state index in [4.69, 9.17) is 5.26 Å². The second kappa shape index (κ2) is 7.42. The molecular formula is C17H23N5O. The van der Waals surface area contributed by atoms with Gasteiger partial charge in [0.25, 0.3) is 0 Å². The molecule has 2 aliphatic heterocycles. The molecule has 6 nitrogen and oxygen atoms in total. The van der Waals surface area contributed by atoms with Gasteiger partial charge in [0.05, 0.1) is 18.4 Å². The van der Waals surface area contributed by atoms with Crippen molar-refractivity contribution in [2.24, 2.45) is 0 Å². The Labute approximate surface area is 137 Å². The average Bonchev–Trinajstić information content (AvgIpc) is 2.63. The summed E-state index contributed by atoms with van der Waals surface area (Å²) in [6, 6.07) is 5.73. The third kappa shape index (κ3) is 3.99. The highest BCUT2D eigenvalue weighted by molar-refractivity contribution is 5.78. The molecule has 122 valence electrons. The molecule has 1 aromatic rings. The first-order valence-corrected chi connectivity index (χ1v) is 8.37. The van der Waals surface area contributed by atoms with E-state index in [1.165, 1.54) is 6.42 Å². The highest BCUT2D eigenvalue weighted by Gasteiger charge is 2.22. The molecule has 3 rings (SSSR count). The minimum absolute atomic E-state index is 0.276. The summed E-state index contributed by atoms with van der Waals surface area (Å²) in [6.07, 6.45) is 5.30. The van der Waals surface area contributed by atoms with E-state index in [1.54, 1.807) is 12.3 Å². The van der Waals surface area contributed by atoms with Crippen molar-refractivity contribution in [3.63, 3.8) is 0 Å². The van der Waals surface area contributed by atoms with Crippen molar-refractivity contribution in [3.8, 4) is 6.07 Å². The van der Waals surface area contributed by atoms with Crippen LogP contribution in [0.4, 0.5) is 5.69 Å². The second-order valence-corrected chi connectivity index (χ2v) is 6.22. The lowest BCUT2D eigenvalue weighted by molar-refractivity contribution is -0.133. The van der Waals surface area contributed by atoms with Crippen molar-refractivity contribution in [1.82, 2.24) is 14.8 Å². The molecule has 3 heterocycles. The molecule has 0 atom stereocenters. The standard InChI is InChI=1S/C17H23N5O/c18-12-15-4-5-16(13-19-15)21-10-8-20(9-11-21)14-17(23)22-6-2-1-3-7-22/h4-5,13H,1-3,6-11,14H2. The molecular weight excluding hydrogens is 290 g/mol. The van der Waals surface area contributed by atoms with Crippen molar-refractivity contribution >= 4 is 11.6 Å². The van der Waals surface area contributed by atoms with Crippen LogP contribution in [-0.2, 0) is 4.79 Å². The number of pyridine rings is 1. The zero-order valence-corrected chi connectivity index (χ0v) is 13.4. The van der Waals surface area contributed by atoms with Crippen molar-refractivity contribution in [3.05, 3.63) is 24.0 Å². The second-order valence-electron chi connectivity index (χ2n) is 6.22. The molecule has 1 amide bonds. The maximum atomic E-state index is 12.3. The fraction of sp³-hybridized carbons (Fsp3) is 0.588. The molecule has 0 aliphatic carbocycles. The van der Waals surface area contributed by atoms with E-state index in [0.29, 0.717) is 12.2 Å². The lowest BCUT2D eigenvalue weighted by Crippen LogP contribution is -2.50. The average molecular weight is 313 g/mol. The number of hydrogen-bond donors (Lipinski definition) is 0. The number of hydrogen-bond acceptors (Lipinski definition) is 5. The first-order chi connectivity index (χ1) is 11.3. The largest absolute Gasteiger partial charge is 0.368 e. The molecule has 2 fully saturated rings. The summed E-state index contributed by atoms with van der Waals surface area (Å²) in [5, 5.41) is 8.80. The summed E-state index contributed by atoms with van der Waals surface area (Å²) >= 11 is 0. The number of carbonyl (C=O) groups excluding carboxylic acids is 1. The predicted octanol–water partition coefficient (Wildman–Crippen LogP) is 1.09. The number of nitrogens with zero attached hydrogens (tertiary/aromatic N) is 5. The number of aromatic nitrogens is 1. The molecule has 0 unspecified atom stereocenters. The Bertz CT molecular complexity index is 566. The minimum atomic E-state index is 0.276. The fourth-order valence-electron chi connectivity index (χ4n) is 3.24. The van der Waals surface area contributed by atoms with Gasteiger partial charge in [0, 0.05) is 39.3 Å². The third-order valence-electron chi connectivity index (χ3n) is 4.67. The van der Waals surface area contributed by atoms with E-state index in [-0.39, 0.29) is 5.91 Å². The highest BCUT2D eigenvalue weighted by atomic mass is 16.2. The van der Waals surface area contributed by atoms with E-state index in [2.05, 4.69) is 14.8 Å². The van der Waals surface area contributed by atoms with Crippen molar-refractivity contribution in [2.75, 3.05) is 50.7 Å². The summed E-state index contributed by atoms with van der Waals surface area (Å²) in [4.78, 5) is 23.0. The lowest BCUT2D eigenvalue weighted by Gasteiger charge is -2.37. The molecule has 0 bridgehead atoms. The molecule has 0 radical (unpaired) electrons. The molecule has 23 heavy (non-hydrogen) atoms. The zero-order chi connectivity index (χ0) is 16.1. The van der Waals surface area contributed by atoms with E-state index < -0.39 is 0 Å². The molecule has 6 heteroatoms. The number of piperidine rings is 1. The van der Waals surface area contributed by atoms with Crippen LogP contribution in [-0.4, -0.2) is 66.5 Å². The summed E-state index contributed by atoms with van der Waals surface area (Å²) < 4.78 is 0. The van der Waals surface area contributed by atoms with E-state index >= 15 is 0 Å². The number of nitriles is 1. The first kappa shape index (κ1) is 15.8. The van der Waals surface area contributed by atoms with Gasteiger partial charge >= 0.3 is 0 Å². The minimum Gasteiger partial charge on any atom is -0.368 e. The highest BCUT2D eigenvalue weighted by Crippen LogP contribution is 2.16. The fourth-order valence-corrected chi connectivity index (χ4v) is 3.24.